The number of ketones is 1. The van der Waals surface area contributed by atoms with Crippen LogP contribution in [0.3, 0.4) is 0 Å². The molecule has 0 radical (unpaired) electrons. The summed E-state index contributed by atoms with van der Waals surface area (Å²) in [5.74, 6) is -0.748. The lowest BCUT2D eigenvalue weighted by Crippen LogP contribution is -2.42. The summed E-state index contributed by atoms with van der Waals surface area (Å²) < 4.78 is 69.5. The van der Waals surface area contributed by atoms with Gasteiger partial charge in [0.25, 0.3) is 0 Å². The summed E-state index contributed by atoms with van der Waals surface area (Å²) in [5.41, 5.74) is -2.67. The van der Waals surface area contributed by atoms with Crippen LogP contribution in [0.2, 0.25) is 0 Å². The highest BCUT2D eigenvalue weighted by atomic mass is 32.2. The maximum Gasteiger partial charge on any atom is 0.437 e. The Bertz CT molecular complexity index is 919. The monoisotopic (exact) mass is 417 g/mol. The van der Waals surface area contributed by atoms with E-state index in [1.807, 2.05) is 13.8 Å². The topological polar surface area (TPSA) is 72.8 Å². The zero-order chi connectivity index (χ0) is 21.0. The SMILES string of the molecule is Cc1ccc(/C(=N/OS(=O)(=O)CC23CCC(CC2=O)C3(C)C)C(F)(F)F)cc1. The van der Waals surface area contributed by atoms with Crippen LogP contribution in [0.4, 0.5) is 13.2 Å². The number of carbonyl (C=O) groups is 1. The van der Waals surface area contributed by atoms with Crippen molar-refractivity contribution in [2.45, 2.75) is 46.2 Å². The molecule has 2 unspecified atom stereocenters. The number of nitrogens with zero attached hydrogens (tertiary/aromatic N) is 1. The molecule has 2 bridgehead atoms. The van der Waals surface area contributed by atoms with Gasteiger partial charge in [0.2, 0.25) is 0 Å². The highest BCUT2D eigenvalue weighted by Crippen LogP contribution is 2.64. The van der Waals surface area contributed by atoms with Crippen LogP contribution in [-0.4, -0.2) is 31.8 Å². The Hall–Kier alpha value is -1.90. The van der Waals surface area contributed by atoms with Crippen molar-refractivity contribution in [2.24, 2.45) is 21.9 Å². The van der Waals surface area contributed by atoms with Gasteiger partial charge in [0.15, 0.2) is 5.71 Å². The van der Waals surface area contributed by atoms with Crippen molar-refractivity contribution in [3.63, 3.8) is 0 Å². The normalized spacial score (nSPS) is 27.3. The van der Waals surface area contributed by atoms with Crippen molar-refractivity contribution < 1.29 is 30.7 Å². The molecular formula is C19H22F3NO4S. The average Bonchev–Trinajstić information content (AvgIpc) is 2.89. The Morgan fingerprint density at radius 1 is 1.25 bits per heavy atom. The van der Waals surface area contributed by atoms with Crippen LogP contribution in [-0.2, 0) is 19.2 Å². The van der Waals surface area contributed by atoms with E-state index in [-0.39, 0.29) is 17.3 Å². The van der Waals surface area contributed by atoms with Gasteiger partial charge in [0.05, 0.1) is 5.41 Å². The standard InChI is InChI=1S/C19H22F3NO4S/c1-12-4-6-13(7-5-12)16(19(20,21)22)23-27-28(25,26)11-18-9-8-14(10-15(18)24)17(18,2)3/h4-7,14H,8-11H2,1-3H3/b23-16-. The number of carbonyl (C=O) groups excluding carboxylic acids is 1. The number of alkyl halides is 3. The molecule has 0 N–H and O–H groups in total. The number of oxime groups is 1. The molecule has 2 aliphatic rings. The number of hydrogen-bond donors (Lipinski definition) is 0. The second-order valence-electron chi connectivity index (χ2n) is 8.25. The molecule has 0 heterocycles. The molecule has 154 valence electrons. The minimum Gasteiger partial charge on any atom is -0.299 e. The van der Waals surface area contributed by atoms with Crippen molar-refractivity contribution in [3.05, 3.63) is 35.4 Å². The van der Waals surface area contributed by atoms with E-state index in [2.05, 4.69) is 9.44 Å². The summed E-state index contributed by atoms with van der Waals surface area (Å²) in [4.78, 5) is 12.5. The predicted octanol–water partition coefficient (Wildman–Crippen LogP) is 4.00. The Balaban J connectivity index is 1.88. The van der Waals surface area contributed by atoms with Gasteiger partial charge >= 0.3 is 16.3 Å². The highest BCUT2D eigenvalue weighted by molar-refractivity contribution is 7.86. The summed E-state index contributed by atoms with van der Waals surface area (Å²) in [7, 11) is -4.49. The van der Waals surface area contributed by atoms with Crippen molar-refractivity contribution >= 4 is 21.6 Å². The molecule has 5 nitrogen and oxygen atoms in total. The summed E-state index contributed by atoms with van der Waals surface area (Å²) in [5, 5.41) is 2.95. The lowest BCUT2D eigenvalue weighted by molar-refractivity contribution is -0.128. The third-order valence-corrected chi connectivity index (χ3v) is 7.55. The van der Waals surface area contributed by atoms with Gasteiger partial charge in [-0.25, -0.2) is 0 Å². The molecule has 0 saturated heterocycles. The molecule has 2 atom stereocenters. The predicted molar refractivity (Wildman–Crippen MR) is 97.2 cm³/mol. The van der Waals surface area contributed by atoms with Gasteiger partial charge in [-0.05, 0) is 31.1 Å². The molecule has 0 aromatic heterocycles. The quantitative estimate of drug-likeness (QED) is 0.536. The maximum absolute atomic E-state index is 13.4. The van der Waals surface area contributed by atoms with Gasteiger partial charge in [-0.3, -0.25) is 9.08 Å². The van der Waals surface area contributed by atoms with E-state index < -0.39 is 38.6 Å². The zero-order valence-electron chi connectivity index (χ0n) is 15.8. The minimum absolute atomic E-state index is 0.0806. The number of rotatable bonds is 5. The van der Waals surface area contributed by atoms with Crippen LogP contribution < -0.4 is 0 Å². The van der Waals surface area contributed by atoms with E-state index in [9.17, 15) is 26.4 Å². The van der Waals surface area contributed by atoms with Crippen molar-refractivity contribution in [2.75, 3.05) is 5.75 Å². The smallest absolute Gasteiger partial charge is 0.299 e. The van der Waals surface area contributed by atoms with E-state index in [1.54, 1.807) is 6.92 Å². The third kappa shape index (κ3) is 3.44. The van der Waals surface area contributed by atoms with Crippen LogP contribution >= 0.6 is 0 Å². The zero-order valence-corrected chi connectivity index (χ0v) is 16.7. The first-order chi connectivity index (χ1) is 12.8. The molecule has 3 rings (SSSR count). The average molecular weight is 417 g/mol. The second-order valence-corrected chi connectivity index (χ2v) is 9.80. The number of benzene rings is 1. The van der Waals surface area contributed by atoms with Crippen LogP contribution in [0.15, 0.2) is 29.4 Å². The second kappa shape index (κ2) is 6.57. The molecular weight excluding hydrogens is 395 g/mol. The first kappa shape index (κ1) is 20.8. The summed E-state index contributed by atoms with van der Waals surface area (Å²) >= 11 is 0. The highest BCUT2D eigenvalue weighted by Gasteiger charge is 2.65. The largest absolute Gasteiger partial charge is 0.437 e. The number of aryl methyl sites for hydroxylation is 1. The van der Waals surface area contributed by atoms with E-state index in [4.69, 9.17) is 0 Å². The fourth-order valence-electron chi connectivity index (χ4n) is 4.51. The molecule has 0 spiro atoms. The third-order valence-electron chi connectivity index (χ3n) is 6.40. The van der Waals surface area contributed by atoms with Gasteiger partial charge in [-0.1, -0.05) is 48.8 Å². The van der Waals surface area contributed by atoms with Crippen LogP contribution in [0.5, 0.6) is 0 Å². The number of halogens is 3. The first-order valence-corrected chi connectivity index (χ1v) is 10.5. The molecule has 28 heavy (non-hydrogen) atoms. The number of Topliss-reactive ketones (excluding diaryl/α,β-unsaturated/α-hetero) is 1. The number of hydrogen-bond acceptors (Lipinski definition) is 5. The molecule has 2 aliphatic carbocycles. The van der Waals surface area contributed by atoms with Gasteiger partial charge in [0, 0.05) is 12.0 Å². The Morgan fingerprint density at radius 3 is 2.32 bits per heavy atom. The van der Waals surface area contributed by atoms with E-state index in [1.165, 1.54) is 24.3 Å². The fraction of sp³-hybridized carbons (Fsp3) is 0.579. The lowest BCUT2D eigenvalue weighted by atomic mass is 9.70. The molecule has 1 aromatic rings. The van der Waals surface area contributed by atoms with Crippen molar-refractivity contribution in [3.8, 4) is 0 Å². The minimum atomic E-state index is -4.90. The van der Waals surface area contributed by atoms with Gasteiger partial charge < -0.3 is 0 Å². The van der Waals surface area contributed by atoms with Crippen LogP contribution in [0.1, 0.15) is 44.2 Å². The van der Waals surface area contributed by atoms with E-state index in [0.29, 0.717) is 19.3 Å². The Morgan fingerprint density at radius 2 is 1.86 bits per heavy atom. The van der Waals surface area contributed by atoms with Crippen LogP contribution in [0, 0.1) is 23.7 Å². The molecule has 9 heteroatoms. The van der Waals surface area contributed by atoms with Gasteiger partial charge in [0.1, 0.15) is 11.5 Å². The Kier molecular flexibility index (Phi) is 4.89. The van der Waals surface area contributed by atoms with Crippen molar-refractivity contribution in [1.82, 2.24) is 0 Å². The van der Waals surface area contributed by atoms with Crippen molar-refractivity contribution in [1.29, 1.82) is 0 Å². The summed E-state index contributed by atoms with van der Waals surface area (Å²) in [6.07, 6.45) is -3.50. The molecule has 1 aromatic carbocycles. The van der Waals surface area contributed by atoms with Gasteiger partial charge in [-0.15, -0.1) is 0 Å². The molecule has 0 amide bonds. The summed E-state index contributed by atoms with van der Waals surface area (Å²) in [6, 6.07) is 5.31. The lowest BCUT2D eigenvalue weighted by Gasteiger charge is -2.35. The molecule has 2 saturated carbocycles. The Labute approximate surface area is 162 Å². The molecule has 2 fully saturated rings. The van der Waals surface area contributed by atoms with Crippen LogP contribution in [0.25, 0.3) is 0 Å². The van der Waals surface area contributed by atoms with E-state index in [0.717, 1.165) is 5.56 Å². The maximum atomic E-state index is 13.4. The first-order valence-electron chi connectivity index (χ1n) is 8.95. The fourth-order valence-corrected chi connectivity index (χ4v) is 6.03. The summed E-state index contributed by atoms with van der Waals surface area (Å²) in [6.45, 7) is 5.38. The van der Waals surface area contributed by atoms with Gasteiger partial charge in [-0.2, -0.15) is 21.6 Å². The number of fused-ring (bicyclic) bond motifs is 2. The van der Waals surface area contributed by atoms with E-state index >= 15 is 0 Å². The molecule has 0 aliphatic heterocycles.